The summed E-state index contributed by atoms with van der Waals surface area (Å²) < 4.78 is 13.8. The van der Waals surface area contributed by atoms with E-state index in [1.807, 2.05) is 19.0 Å². The summed E-state index contributed by atoms with van der Waals surface area (Å²) in [5.41, 5.74) is 6.78. The number of nitrogens with two attached hydrogens (primary N) is 1. The van der Waals surface area contributed by atoms with Gasteiger partial charge >= 0.3 is 0 Å². The Morgan fingerprint density at radius 3 is 2.53 bits per heavy atom. The second-order valence-corrected chi connectivity index (χ2v) is 6.54. The standard InChI is InChI=1S/C12H15FN4S2/c1-17(2)11-15-16-12(19-11)18-10(7-14)8-3-5-9(13)6-4-8/h3-6,10H,7,14H2,1-2H3. The third kappa shape index (κ3) is 3.65. The summed E-state index contributed by atoms with van der Waals surface area (Å²) in [7, 11) is 3.85. The lowest BCUT2D eigenvalue weighted by Crippen LogP contribution is -2.09. The van der Waals surface area contributed by atoms with Crippen LogP contribution >= 0.6 is 23.1 Å². The summed E-state index contributed by atoms with van der Waals surface area (Å²) in [6, 6.07) is 6.41. The van der Waals surface area contributed by atoms with Crippen molar-refractivity contribution in [3.05, 3.63) is 35.6 Å². The van der Waals surface area contributed by atoms with Gasteiger partial charge in [-0.05, 0) is 17.7 Å². The van der Waals surface area contributed by atoms with Crippen molar-refractivity contribution in [2.24, 2.45) is 5.73 Å². The van der Waals surface area contributed by atoms with E-state index in [0.29, 0.717) is 6.54 Å². The third-order valence-electron chi connectivity index (χ3n) is 2.48. The molecule has 0 fully saturated rings. The van der Waals surface area contributed by atoms with Crippen molar-refractivity contribution in [2.75, 3.05) is 25.5 Å². The van der Waals surface area contributed by atoms with Crippen molar-refractivity contribution in [3.8, 4) is 0 Å². The Morgan fingerprint density at radius 1 is 1.32 bits per heavy atom. The molecule has 1 atom stereocenters. The van der Waals surface area contributed by atoms with Gasteiger partial charge in [-0.25, -0.2) is 4.39 Å². The van der Waals surface area contributed by atoms with E-state index in [2.05, 4.69) is 10.2 Å². The lowest BCUT2D eigenvalue weighted by atomic mass is 10.1. The quantitative estimate of drug-likeness (QED) is 0.860. The molecular formula is C12H15FN4S2. The van der Waals surface area contributed by atoms with Gasteiger partial charge in [-0.1, -0.05) is 35.2 Å². The van der Waals surface area contributed by atoms with Crippen LogP contribution in [0.15, 0.2) is 28.6 Å². The molecule has 0 aliphatic rings. The number of aromatic nitrogens is 2. The van der Waals surface area contributed by atoms with E-state index in [-0.39, 0.29) is 11.1 Å². The molecule has 1 unspecified atom stereocenters. The molecule has 2 aromatic rings. The van der Waals surface area contributed by atoms with Crippen LogP contribution in [0.4, 0.5) is 9.52 Å². The molecule has 1 heterocycles. The first-order chi connectivity index (χ1) is 9.10. The van der Waals surface area contributed by atoms with Gasteiger partial charge in [0.15, 0.2) is 4.34 Å². The number of thioether (sulfide) groups is 1. The molecule has 0 radical (unpaired) electrons. The highest BCUT2D eigenvalue weighted by molar-refractivity contribution is 8.01. The second kappa shape index (κ2) is 6.31. The average Bonchev–Trinajstić information content (AvgIpc) is 2.86. The molecule has 0 amide bonds. The zero-order chi connectivity index (χ0) is 13.8. The summed E-state index contributed by atoms with van der Waals surface area (Å²) in [6.07, 6.45) is 0. The molecule has 0 aliphatic heterocycles. The molecule has 4 nitrogen and oxygen atoms in total. The van der Waals surface area contributed by atoms with E-state index in [0.717, 1.165) is 15.0 Å². The van der Waals surface area contributed by atoms with E-state index in [1.165, 1.54) is 23.5 Å². The lowest BCUT2D eigenvalue weighted by molar-refractivity contribution is 0.627. The molecule has 19 heavy (non-hydrogen) atoms. The van der Waals surface area contributed by atoms with Crippen molar-refractivity contribution in [1.29, 1.82) is 0 Å². The first-order valence-electron chi connectivity index (χ1n) is 5.73. The van der Waals surface area contributed by atoms with Gasteiger partial charge in [0.05, 0.1) is 0 Å². The first kappa shape index (κ1) is 14.2. The third-order valence-corrected chi connectivity index (χ3v) is 4.93. The Bertz CT molecular complexity index is 527. The van der Waals surface area contributed by atoms with Crippen LogP contribution in [0.2, 0.25) is 0 Å². The number of rotatable bonds is 5. The molecule has 2 rings (SSSR count). The first-order valence-corrected chi connectivity index (χ1v) is 7.42. The zero-order valence-electron chi connectivity index (χ0n) is 10.7. The molecule has 0 saturated carbocycles. The predicted molar refractivity (Wildman–Crippen MR) is 78.3 cm³/mol. The molecular weight excluding hydrogens is 283 g/mol. The molecule has 102 valence electrons. The minimum Gasteiger partial charge on any atom is -0.353 e. The van der Waals surface area contributed by atoms with E-state index < -0.39 is 0 Å². The van der Waals surface area contributed by atoms with Crippen molar-refractivity contribution in [2.45, 2.75) is 9.59 Å². The van der Waals surface area contributed by atoms with E-state index >= 15 is 0 Å². The Hall–Kier alpha value is -1.18. The fraction of sp³-hybridized carbons (Fsp3) is 0.333. The maximum absolute atomic E-state index is 12.9. The molecule has 1 aromatic heterocycles. The molecule has 0 bridgehead atoms. The van der Waals surface area contributed by atoms with Crippen molar-refractivity contribution in [1.82, 2.24) is 10.2 Å². The van der Waals surface area contributed by atoms with Crippen LogP contribution in [0.5, 0.6) is 0 Å². The number of anilines is 1. The van der Waals surface area contributed by atoms with Gasteiger partial charge in [0.2, 0.25) is 5.13 Å². The highest BCUT2D eigenvalue weighted by atomic mass is 32.2. The summed E-state index contributed by atoms with van der Waals surface area (Å²) in [5.74, 6) is -0.240. The van der Waals surface area contributed by atoms with Crippen molar-refractivity contribution in [3.63, 3.8) is 0 Å². The number of hydrogen-bond acceptors (Lipinski definition) is 6. The summed E-state index contributed by atoms with van der Waals surface area (Å²) in [4.78, 5) is 1.91. The number of halogens is 1. The van der Waals surface area contributed by atoms with Gasteiger partial charge in [-0.2, -0.15) is 0 Å². The minimum atomic E-state index is -0.240. The van der Waals surface area contributed by atoms with Crippen LogP contribution in [0.25, 0.3) is 0 Å². The van der Waals surface area contributed by atoms with Gasteiger partial charge in [-0.15, -0.1) is 10.2 Å². The van der Waals surface area contributed by atoms with Crippen LogP contribution in [0, 0.1) is 5.82 Å². The molecule has 0 aliphatic carbocycles. The van der Waals surface area contributed by atoms with Crippen LogP contribution < -0.4 is 10.6 Å². The van der Waals surface area contributed by atoms with Crippen LogP contribution in [0.1, 0.15) is 10.8 Å². The fourth-order valence-corrected chi connectivity index (χ4v) is 3.47. The van der Waals surface area contributed by atoms with Crippen LogP contribution in [-0.2, 0) is 0 Å². The number of nitrogens with zero attached hydrogens (tertiary/aromatic N) is 3. The highest BCUT2D eigenvalue weighted by Gasteiger charge is 2.15. The van der Waals surface area contributed by atoms with Crippen molar-refractivity contribution >= 4 is 28.2 Å². The van der Waals surface area contributed by atoms with E-state index in [9.17, 15) is 4.39 Å². The Balaban J connectivity index is 2.12. The van der Waals surface area contributed by atoms with Gasteiger partial charge in [0.25, 0.3) is 0 Å². The fourth-order valence-electron chi connectivity index (χ4n) is 1.48. The highest BCUT2D eigenvalue weighted by Crippen LogP contribution is 2.37. The lowest BCUT2D eigenvalue weighted by Gasteiger charge is -2.12. The normalized spacial score (nSPS) is 12.4. The maximum atomic E-state index is 12.9. The van der Waals surface area contributed by atoms with E-state index in [1.54, 1.807) is 23.9 Å². The Morgan fingerprint density at radius 2 is 2.00 bits per heavy atom. The minimum absolute atomic E-state index is 0.0589. The zero-order valence-corrected chi connectivity index (χ0v) is 12.3. The molecule has 0 saturated heterocycles. The van der Waals surface area contributed by atoms with Crippen LogP contribution in [0.3, 0.4) is 0 Å². The largest absolute Gasteiger partial charge is 0.353 e. The van der Waals surface area contributed by atoms with E-state index in [4.69, 9.17) is 5.73 Å². The monoisotopic (exact) mass is 298 g/mol. The second-order valence-electron chi connectivity index (χ2n) is 4.14. The SMILES string of the molecule is CN(C)c1nnc(SC(CN)c2ccc(F)cc2)s1. The topological polar surface area (TPSA) is 55.0 Å². The molecule has 7 heteroatoms. The summed E-state index contributed by atoms with van der Waals surface area (Å²) >= 11 is 3.08. The summed E-state index contributed by atoms with van der Waals surface area (Å²) in [6.45, 7) is 0.465. The van der Waals surface area contributed by atoms with Crippen molar-refractivity contribution < 1.29 is 4.39 Å². The van der Waals surface area contributed by atoms with Gasteiger partial charge < -0.3 is 10.6 Å². The van der Waals surface area contributed by atoms with Crippen LogP contribution in [-0.4, -0.2) is 30.8 Å². The molecule has 2 N–H and O–H groups in total. The molecule has 1 aromatic carbocycles. The van der Waals surface area contributed by atoms with Gasteiger partial charge in [-0.3, -0.25) is 0 Å². The average molecular weight is 298 g/mol. The Labute approximate surface area is 119 Å². The smallest absolute Gasteiger partial charge is 0.208 e. The predicted octanol–water partition coefficient (Wildman–Crippen LogP) is 2.54. The maximum Gasteiger partial charge on any atom is 0.208 e. The van der Waals surface area contributed by atoms with Gasteiger partial charge in [0.1, 0.15) is 5.82 Å². The number of hydrogen-bond donors (Lipinski definition) is 1. The summed E-state index contributed by atoms with van der Waals surface area (Å²) in [5, 5.41) is 9.13. The Kier molecular flexibility index (Phi) is 4.73. The number of benzene rings is 1. The molecule has 0 spiro atoms. The van der Waals surface area contributed by atoms with Gasteiger partial charge in [0, 0.05) is 25.9 Å².